The van der Waals surface area contributed by atoms with Crippen LogP contribution >= 0.6 is 22.6 Å². The Morgan fingerprint density at radius 2 is 2.27 bits per heavy atom. The first-order chi connectivity index (χ1) is 7.16. The van der Waals surface area contributed by atoms with Crippen LogP contribution < -0.4 is 5.73 Å². The third-order valence-corrected chi connectivity index (χ3v) is 2.60. The van der Waals surface area contributed by atoms with Crippen molar-refractivity contribution in [1.82, 2.24) is 9.78 Å². The summed E-state index contributed by atoms with van der Waals surface area (Å²) < 4.78 is 16.2. The van der Waals surface area contributed by atoms with Gasteiger partial charge >= 0.3 is 0 Å². The van der Waals surface area contributed by atoms with Crippen molar-refractivity contribution in [3.63, 3.8) is 0 Å². The molecule has 78 valence electrons. The smallest absolute Gasteiger partial charge is 0.151 e. The van der Waals surface area contributed by atoms with Gasteiger partial charge in [0.1, 0.15) is 0 Å². The summed E-state index contributed by atoms with van der Waals surface area (Å²) in [7, 11) is 0. The fourth-order valence-electron chi connectivity index (χ4n) is 1.32. The van der Waals surface area contributed by atoms with E-state index in [0.29, 0.717) is 12.1 Å². The number of nitrogen functional groups attached to an aromatic ring is 1. The Labute approximate surface area is 100 Å². The fraction of sp³-hybridized carbons (Fsp3) is 0.100. The minimum Gasteiger partial charge on any atom is -0.396 e. The van der Waals surface area contributed by atoms with Gasteiger partial charge in [-0.2, -0.15) is 5.10 Å². The van der Waals surface area contributed by atoms with Crippen molar-refractivity contribution in [2.24, 2.45) is 0 Å². The molecule has 0 saturated carbocycles. The average molecular weight is 317 g/mol. The highest BCUT2D eigenvalue weighted by molar-refractivity contribution is 14.1. The molecular weight excluding hydrogens is 308 g/mol. The molecule has 2 aromatic rings. The molecule has 0 bridgehead atoms. The standard InChI is InChI=1S/C10H9FIN3/c11-10-7(2-1-3-9(10)13)5-15-6-8(12)4-14-15/h1-4,6H,5,13H2. The van der Waals surface area contributed by atoms with Gasteiger partial charge in [-0.05, 0) is 28.7 Å². The number of anilines is 1. The summed E-state index contributed by atoms with van der Waals surface area (Å²) in [5.74, 6) is -0.358. The Bertz CT molecular complexity index is 481. The molecule has 0 amide bonds. The van der Waals surface area contributed by atoms with Gasteiger partial charge < -0.3 is 5.73 Å². The third-order valence-electron chi connectivity index (χ3n) is 2.04. The van der Waals surface area contributed by atoms with Crippen LogP contribution in [0.1, 0.15) is 5.56 Å². The van der Waals surface area contributed by atoms with Crippen molar-refractivity contribution in [1.29, 1.82) is 0 Å². The Balaban J connectivity index is 2.28. The summed E-state index contributed by atoms with van der Waals surface area (Å²) >= 11 is 2.16. The lowest BCUT2D eigenvalue weighted by molar-refractivity contribution is 0.589. The molecular formula is C10H9FIN3. The molecule has 0 spiro atoms. The van der Waals surface area contributed by atoms with Crippen LogP contribution in [0.25, 0.3) is 0 Å². The van der Waals surface area contributed by atoms with Crippen LogP contribution in [-0.2, 0) is 6.54 Å². The van der Waals surface area contributed by atoms with Crippen LogP contribution in [0.5, 0.6) is 0 Å². The molecule has 0 saturated heterocycles. The molecule has 3 nitrogen and oxygen atoms in total. The predicted molar refractivity (Wildman–Crippen MR) is 64.9 cm³/mol. The van der Waals surface area contributed by atoms with Gasteiger partial charge in [0.25, 0.3) is 0 Å². The highest BCUT2D eigenvalue weighted by atomic mass is 127. The number of aromatic nitrogens is 2. The quantitative estimate of drug-likeness (QED) is 0.682. The van der Waals surface area contributed by atoms with Gasteiger partial charge in [0.2, 0.25) is 0 Å². The molecule has 0 unspecified atom stereocenters. The van der Waals surface area contributed by atoms with Crippen molar-refractivity contribution in [3.05, 3.63) is 45.5 Å². The van der Waals surface area contributed by atoms with Crippen molar-refractivity contribution < 1.29 is 4.39 Å². The predicted octanol–water partition coefficient (Wildman–Crippen LogP) is 2.26. The molecule has 0 aliphatic heterocycles. The highest BCUT2D eigenvalue weighted by Gasteiger charge is 2.06. The first-order valence-corrected chi connectivity index (χ1v) is 5.45. The van der Waals surface area contributed by atoms with E-state index in [0.717, 1.165) is 3.57 Å². The monoisotopic (exact) mass is 317 g/mol. The van der Waals surface area contributed by atoms with Gasteiger partial charge in [-0.25, -0.2) is 4.39 Å². The van der Waals surface area contributed by atoms with Gasteiger partial charge in [0.05, 0.1) is 22.0 Å². The Morgan fingerprint density at radius 1 is 1.47 bits per heavy atom. The molecule has 0 aliphatic carbocycles. The van der Waals surface area contributed by atoms with Crippen molar-refractivity contribution in [3.8, 4) is 0 Å². The topological polar surface area (TPSA) is 43.8 Å². The largest absolute Gasteiger partial charge is 0.396 e. The van der Waals surface area contributed by atoms with E-state index >= 15 is 0 Å². The summed E-state index contributed by atoms with van der Waals surface area (Å²) in [6.45, 7) is 0.403. The molecule has 0 radical (unpaired) electrons. The number of hydrogen-bond acceptors (Lipinski definition) is 2. The molecule has 2 rings (SSSR count). The van der Waals surface area contributed by atoms with Gasteiger partial charge in [-0.1, -0.05) is 12.1 Å². The average Bonchev–Trinajstić information content (AvgIpc) is 2.59. The summed E-state index contributed by atoms with van der Waals surface area (Å²) in [5.41, 5.74) is 6.20. The van der Waals surface area contributed by atoms with Crippen molar-refractivity contribution >= 4 is 28.3 Å². The van der Waals surface area contributed by atoms with Crippen LogP contribution in [0, 0.1) is 9.39 Å². The van der Waals surface area contributed by atoms with Crippen molar-refractivity contribution in [2.45, 2.75) is 6.54 Å². The highest BCUT2D eigenvalue weighted by Crippen LogP contribution is 2.15. The molecule has 1 aromatic carbocycles. The van der Waals surface area contributed by atoms with Gasteiger partial charge in [-0.3, -0.25) is 4.68 Å². The second-order valence-corrected chi connectivity index (χ2v) is 4.42. The molecule has 1 heterocycles. The number of nitrogens with two attached hydrogens (primary N) is 1. The Morgan fingerprint density at radius 3 is 2.93 bits per heavy atom. The van der Waals surface area contributed by atoms with Gasteiger partial charge in [-0.15, -0.1) is 0 Å². The zero-order valence-electron chi connectivity index (χ0n) is 7.82. The first-order valence-electron chi connectivity index (χ1n) is 4.37. The lowest BCUT2D eigenvalue weighted by Gasteiger charge is -2.05. The SMILES string of the molecule is Nc1cccc(Cn2cc(I)cn2)c1F. The number of hydrogen-bond donors (Lipinski definition) is 1. The Hall–Kier alpha value is -1.11. The fourth-order valence-corrected chi connectivity index (χ4v) is 1.77. The number of nitrogens with zero attached hydrogens (tertiary/aromatic N) is 2. The minimum atomic E-state index is -0.358. The zero-order valence-corrected chi connectivity index (χ0v) is 9.98. The van der Waals surface area contributed by atoms with Crippen LogP contribution in [0.2, 0.25) is 0 Å². The van der Waals surface area contributed by atoms with Gasteiger partial charge in [0.15, 0.2) is 5.82 Å². The van der Waals surface area contributed by atoms with Crippen LogP contribution in [0.15, 0.2) is 30.6 Å². The molecule has 1 aromatic heterocycles. The molecule has 15 heavy (non-hydrogen) atoms. The van der Waals surface area contributed by atoms with Gasteiger partial charge in [0, 0.05) is 11.8 Å². The maximum absolute atomic E-state index is 13.5. The number of rotatable bonds is 2. The third kappa shape index (κ3) is 2.28. The summed E-state index contributed by atoms with van der Waals surface area (Å²) in [6, 6.07) is 4.99. The summed E-state index contributed by atoms with van der Waals surface area (Å²) in [4.78, 5) is 0. The number of halogens is 2. The summed E-state index contributed by atoms with van der Waals surface area (Å²) in [6.07, 6.45) is 3.58. The van der Waals surface area contributed by atoms with E-state index in [1.165, 1.54) is 0 Å². The minimum absolute atomic E-state index is 0.175. The molecule has 2 N–H and O–H groups in total. The lowest BCUT2D eigenvalue weighted by Crippen LogP contribution is -2.04. The zero-order chi connectivity index (χ0) is 10.8. The second-order valence-electron chi connectivity index (χ2n) is 3.18. The normalized spacial score (nSPS) is 10.5. The summed E-state index contributed by atoms with van der Waals surface area (Å²) in [5, 5.41) is 4.08. The van der Waals surface area contributed by atoms with Crippen molar-refractivity contribution in [2.75, 3.05) is 5.73 Å². The van der Waals surface area contributed by atoms with E-state index in [1.807, 2.05) is 6.20 Å². The van der Waals surface area contributed by atoms with E-state index in [1.54, 1.807) is 29.1 Å². The molecule has 0 aliphatic rings. The van der Waals surface area contributed by atoms with E-state index < -0.39 is 0 Å². The molecule has 0 fully saturated rings. The van der Waals surface area contributed by atoms with E-state index in [2.05, 4.69) is 27.7 Å². The van der Waals surface area contributed by atoms with Crippen LogP contribution in [-0.4, -0.2) is 9.78 Å². The van der Waals surface area contributed by atoms with Crippen LogP contribution in [0.3, 0.4) is 0 Å². The maximum Gasteiger partial charge on any atom is 0.151 e. The lowest BCUT2D eigenvalue weighted by atomic mass is 10.2. The van der Waals surface area contributed by atoms with E-state index in [9.17, 15) is 4.39 Å². The number of benzene rings is 1. The van der Waals surface area contributed by atoms with Crippen LogP contribution in [0.4, 0.5) is 10.1 Å². The first kappa shape index (κ1) is 10.4. The molecule has 0 atom stereocenters. The molecule has 5 heteroatoms. The van der Waals surface area contributed by atoms with E-state index in [-0.39, 0.29) is 11.5 Å². The Kier molecular flexibility index (Phi) is 2.90. The second kappa shape index (κ2) is 4.18. The maximum atomic E-state index is 13.5. The van der Waals surface area contributed by atoms with E-state index in [4.69, 9.17) is 5.73 Å².